The Labute approximate surface area is 153 Å². The summed E-state index contributed by atoms with van der Waals surface area (Å²) in [6.07, 6.45) is 3.95. The summed E-state index contributed by atoms with van der Waals surface area (Å²) in [4.78, 5) is 30.2. The fourth-order valence-electron chi connectivity index (χ4n) is 3.45. The number of nitrogens with zero attached hydrogens (tertiary/aromatic N) is 2. The first-order chi connectivity index (χ1) is 12.0. The Morgan fingerprint density at radius 2 is 1.72 bits per heavy atom. The molecule has 0 aromatic carbocycles. The average Bonchev–Trinajstić information content (AvgIpc) is 2.64. The maximum absolute atomic E-state index is 13.0. The van der Waals surface area contributed by atoms with E-state index in [1.54, 1.807) is 6.92 Å². The molecule has 0 saturated carbocycles. The Morgan fingerprint density at radius 3 is 2.24 bits per heavy atom. The smallest absolute Gasteiger partial charge is 0.322 e. The van der Waals surface area contributed by atoms with Gasteiger partial charge in [-0.25, -0.2) is 0 Å². The van der Waals surface area contributed by atoms with E-state index in [9.17, 15) is 9.59 Å². The van der Waals surface area contributed by atoms with Crippen molar-refractivity contribution in [2.24, 2.45) is 5.41 Å². The molecule has 0 spiro atoms. The molecule has 1 aliphatic rings. The molecule has 0 radical (unpaired) electrons. The van der Waals surface area contributed by atoms with E-state index in [0.29, 0.717) is 26.1 Å². The molecule has 6 heteroatoms. The molecule has 1 N–H and O–H groups in total. The molecule has 1 rings (SSSR count). The lowest BCUT2D eigenvalue weighted by Gasteiger charge is -2.36. The van der Waals surface area contributed by atoms with Gasteiger partial charge in [-0.05, 0) is 52.4 Å². The fraction of sp³-hybridized carbons (Fsp3) is 0.895. The second kappa shape index (κ2) is 11.5. The van der Waals surface area contributed by atoms with Crippen LogP contribution in [0.3, 0.4) is 0 Å². The van der Waals surface area contributed by atoms with Crippen LogP contribution in [0, 0.1) is 5.41 Å². The van der Waals surface area contributed by atoms with Gasteiger partial charge in [-0.3, -0.25) is 9.59 Å². The van der Waals surface area contributed by atoms with E-state index in [1.165, 1.54) is 6.42 Å². The van der Waals surface area contributed by atoms with Crippen molar-refractivity contribution < 1.29 is 14.3 Å². The molecule has 6 nitrogen and oxygen atoms in total. The molecule has 0 aromatic rings. The summed E-state index contributed by atoms with van der Waals surface area (Å²) in [5, 5.41) is 2.99. The van der Waals surface area contributed by atoms with Crippen LogP contribution in [-0.2, 0) is 14.3 Å². The molecule has 1 saturated heterocycles. The number of rotatable bonds is 11. The van der Waals surface area contributed by atoms with Crippen molar-refractivity contribution in [3.05, 3.63) is 0 Å². The zero-order valence-electron chi connectivity index (χ0n) is 16.6. The van der Waals surface area contributed by atoms with Crippen molar-refractivity contribution in [2.45, 2.75) is 53.4 Å². The minimum atomic E-state index is -1.10. The molecular weight excluding hydrogens is 318 g/mol. The van der Waals surface area contributed by atoms with Gasteiger partial charge in [0.1, 0.15) is 0 Å². The van der Waals surface area contributed by atoms with E-state index in [0.717, 1.165) is 45.6 Å². The Kier molecular flexibility index (Phi) is 10.0. The van der Waals surface area contributed by atoms with Crippen LogP contribution < -0.4 is 5.32 Å². The standard InChI is InChI=1S/C19H37N3O3/c1-5-19(18(24)25-8-4,16-22-13-10-9-11-14-22)17(23)20-12-15-21(6-2)7-3/h5-16H2,1-4H3,(H,20,23). The van der Waals surface area contributed by atoms with Crippen molar-refractivity contribution in [1.82, 2.24) is 15.1 Å². The lowest BCUT2D eigenvalue weighted by Crippen LogP contribution is -2.55. The topological polar surface area (TPSA) is 61.9 Å². The van der Waals surface area contributed by atoms with Crippen molar-refractivity contribution in [3.8, 4) is 0 Å². The van der Waals surface area contributed by atoms with Gasteiger partial charge in [-0.2, -0.15) is 0 Å². The Balaban J connectivity index is 2.79. The van der Waals surface area contributed by atoms with Crippen LogP contribution in [0.5, 0.6) is 0 Å². The lowest BCUT2D eigenvalue weighted by molar-refractivity contribution is -0.163. The number of esters is 1. The Hall–Kier alpha value is -1.14. The van der Waals surface area contributed by atoms with Crippen molar-refractivity contribution in [3.63, 3.8) is 0 Å². The SMILES string of the molecule is CCOC(=O)C(CC)(CN1CCCCC1)C(=O)NCCN(CC)CC. The van der Waals surface area contributed by atoms with Crippen LogP contribution in [0.4, 0.5) is 0 Å². The quantitative estimate of drug-likeness (QED) is 0.453. The van der Waals surface area contributed by atoms with E-state index in [4.69, 9.17) is 4.74 Å². The summed E-state index contributed by atoms with van der Waals surface area (Å²) in [7, 11) is 0. The predicted octanol–water partition coefficient (Wildman–Crippen LogP) is 1.89. The van der Waals surface area contributed by atoms with Crippen LogP contribution in [0.15, 0.2) is 0 Å². The second-order valence-electron chi connectivity index (χ2n) is 6.78. The number of nitrogens with one attached hydrogen (secondary N) is 1. The number of carbonyl (C=O) groups is 2. The van der Waals surface area contributed by atoms with Crippen LogP contribution in [0.1, 0.15) is 53.4 Å². The summed E-state index contributed by atoms with van der Waals surface area (Å²) < 4.78 is 5.29. The van der Waals surface area contributed by atoms with Crippen LogP contribution in [0.2, 0.25) is 0 Å². The number of hydrogen-bond acceptors (Lipinski definition) is 5. The molecule has 1 fully saturated rings. The predicted molar refractivity (Wildman–Crippen MR) is 100 cm³/mol. The summed E-state index contributed by atoms with van der Waals surface area (Å²) in [5.41, 5.74) is -1.10. The molecule has 1 heterocycles. The molecule has 0 bridgehead atoms. The highest BCUT2D eigenvalue weighted by Crippen LogP contribution is 2.27. The average molecular weight is 356 g/mol. The normalized spacial score (nSPS) is 18.0. The number of piperidine rings is 1. The van der Waals surface area contributed by atoms with Gasteiger partial charge in [0.05, 0.1) is 6.61 Å². The Morgan fingerprint density at radius 1 is 1.08 bits per heavy atom. The molecule has 1 atom stereocenters. The Bertz CT molecular complexity index is 407. The zero-order chi connectivity index (χ0) is 18.7. The van der Waals surface area contributed by atoms with Crippen molar-refractivity contribution in [1.29, 1.82) is 0 Å². The molecule has 1 aliphatic heterocycles. The van der Waals surface area contributed by atoms with Gasteiger partial charge in [-0.15, -0.1) is 0 Å². The van der Waals surface area contributed by atoms with E-state index in [-0.39, 0.29) is 11.9 Å². The van der Waals surface area contributed by atoms with Gasteiger partial charge in [0.25, 0.3) is 0 Å². The third kappa shape index (κ3) is 6.26. The van der Waals surface area contributed by atoms with E-state index < -0.39 is 5.41 Å². The van der Waals surface area contributed by atoms with Gasteiger partial charge in [0.15, 0.2) is 5.41 Å². The molecule has 146 valence electrons. The van der Waals surface area contributed by atoms with Crippen molar-refractivity contribution >= 4 is 11.9 Å². The summed E-state index contributed by atoms with van der Waals surface area (Å²) in [5.74, 6) is -0.574. The van der Waals surface area contributed by atoms with Gasteiger partial charge >= 0.3 is 5.97 Å². The first kappa shape index (κ1) is 21.9. The third-order valence-corrected chi connectivity index (χ3v) is 5.25. The number of hydrogen-bond donors (Lipinski definition) is 1. The largest absolute Gasteiger partial charge is 0.465 e. The summed E-state index contributed by atoms with van der Waals surface area (Å²) in [6, 6.07) is 0. The van der Waals surface area contributed by atoms with Gasteiger partial charge < -0.3 is 19.9 Å². The highest BCUT2D eigenvalue weighted by atomic mass is 16.5. The highest BCUT2D eigenvalue weighted by Gasteiger charge is 2.47. The minimum Gasteiger partial charge on any atom is -0.465 e. The van der Waals surface area contributed by atoms with Crippen LogP contribution >= 0.6 is 0 Å². The monoisotopic (exact) mass is 355 g/mol. The van der Waals surface area contributed by atoms with E-state index in [2.05, 4.69) is 29.0 Å². The van der Waals surface area contributed by atoms with Gasteiger partial charge in [-0.1, -0.05) is 27.2 Å². The molecule has 0 aliphatic carbocycles. The molecule has 1 amide bonds. The first-order valence-corrected chi connectivity index (χ1v) is 9.94. The van der Waals surface area contributed by atoms with Crippen LogP contribution in [-0.4, -0.2) is 74.1 Å². The molecule has 1 unspecified atom stereocenters. The fourth-order valence-corrected chi connectivity index (χ4v) is 3.45. The van der Waals surface area contributed by atoms with Crippen molar-refractivity contribution in [2.75, 3.05) is 52.4 Å². The van der Waals surface area contributed by atoms with E-state index >= 15 is 0 Å². The number of ether oxygens (including phenoxy) is 1. The van der Waals surface area contributed by atoms with Gasteiger partial charge in [0.2, 0.25) is 5.91 Å². The summed E-state index contributed by atoms with van der Waals surface area (Å²) >= 11 is 0. The van der Waals surface area contributed by atoms with Gasteiger partial charge in [0, 0.05) is 19.6 Å². The number of likely N-dealkylation sites (N-methyl/N-ethyl adjacent to an activating group) is 1. The molecule has 0 aromatic heterocycles. The van der Waals surface area contributed by atoms with E-state index in [1.807, 2.05) is 6.92 Å². The third-order valence-electron chi connectivity index (χ3n) is 5.25. The number of carbonyl (C=O) groups excluding carboxylic acids is 2. The maximum atomic E-state index is 13.0. The highest BCUT2D eigenvalue weighted by molar-refractivity contribution is 6.03. The first-order valence-electron chi connectivity index (χ1n) is 9.94. The second-order valence-corrected chi connectivity index (χ2v) is 6.78. The van der Waals surface area contributed by atoms with Crippen LogP contribution in [0.25, 0.3) is 0 Å². The lowest BCUT2D eigenvalue weighted by atomic mass is 9.82. The summed E-state index contributed by atoms with van der Waals surface area (Å²) in [6.45, 7) is 13.8. The molecule has 25 heavy (non-hydrogen) atoms. The number of likely N-dealkylation sites (tertiary alicyclic amines) is 1. The maximum Gasteiger partial charge on any atom is 0.322 e. The molecular formula is C19H37N3O3. The number of amides is 1. The zero-order valence-corrected chi connectivity index (χ0v) is 16.6. The minimum absolute atomic E-state index is 0.189.